The summed E-state index contributed by atoms with van der Waals surface area (Å²) in [6.07, 6.45) is 14.2. The van der Waals surface area contributed by atoms with Gasteiger partial charge in [-0.05, 0) is 73.8 Å². The Hall–Kier alpha value is -0.970. The van der Waals surface area contributed by atoms with Gasteiger partial charge in [0.05, 0.1) is 12.8 Å². The summed E-state index contributed by atoms with van der Waals surface area (Å²) in [5, 5.41) is 0. The van der Waals surface area contributed by atoms with Crippen LogP contribution >= 0.6 is 7.60 Å². The van der Waals surface area contributed by atoms with E-state index in [1.807, 2.05) is 0 Å². The molecule has 0 atom stereocenters. The lowest BCUT2D eigenvalue weighted by molar-refractivity contribution is 0.155. The third-order valence-corrected chi connectivity index (χ3v) is 8.47. The van der Waals surface area contributed by atoms with Crippen molar-refractivity contribution in [2.45, 2.75) is 89.9 Å². The molecule has 3 rings (SSSR count). The first-order chi connectivity index (χ1) is 15.3. The van der Waals surface area contributed by atoms with Gasteiger partial charge in [0.2, 0.25) is 5.82 Å². The van der Waals surface area contributed by atoms with Crippen LogP contribution in [0.15, 0.2) is 12.1 Å². The Balaban J connectivity index is 1.48. The van der Waals surface area contributed by atoms with E-state index >= 15 is 0 Å². The lowest BCUT2D eigenvalue weighted by atomic mass is 9.68. The highest BCUT2D eigenvalue weighted by molar-refractivity contribution is 7.51. The number of rotatable bonds is 10. The second kappa shape index (κ2) is 11.9. The first kappa shape index (κ1) is 25.6. The van der Waals surface area contributed by atoms with Gasteiger partial charge in [-0.2, -0.15) is 4.39 Å². The van der Waals surface area contributed by atoms with Crippen molar-refractivity contribution in [3.63, 3.8) is 0 Å². The Kier molecular flexibility index (Phi) is 9.57. The van der Waals surface area contributed by atoms with Gasteiger partial charge in [0.15, 0.2) is 11.6 Å². The summed E-state index contributed by atoms with van der Waals surface area (Å²) in [5.74, 6) is 0.218. The summed E-state index contributed by atoms with van der Waals surface area (Å²) >= 11 is 0. The van der Waals surface area contributed by atoms with Gasteiger partial charge in [0.1, 0.15) is 0 Å². The molecule has 182 valence electrons. The van der Waals surface area contributed by atoms with Gasteiger partial charge in [-0.15, -0.1) is 0 Å². The molecule has 2 aliphatic rings. The fourth-order valence-electron chi connectivity index (χ4n) is 5.78. The van der Waals surface area contributed by atoms with Crippen molar-refractivity contribution < 1.29 is 27.9 Å². The molecule has 2 N–H and O–H groups in total. The molecule has 0 unspecified atom stereocenters. The minimum Gasteiger partial charge on any atom is -0.490 e. The van der Waals surface area contributed by atoms with Crippen molar-refractivity contribution in [1.82, 2.24) is 0 Å². The molecule has 0 aromatic heterocycles. The van der Waals surface area contributed by atoms with Crippen LogP contribution in [0.3, 0.4) is 0 Å². The highest BCUT2D eigenvalue weighted by atomic mass is 31.2. The quantitative estimate of drug-likeness (QED) is 0.280. The van der Waals surface area contributed by atoms with E-state index in [1.165, 1.54) is 57.4 Å². The Morgan fingerprint density at radius 1 is 0.938 bits per heavy atom. The molecule has 0 spiro atoms. The molecule has 0 bridgehead atoms. The summed E-state index contributed by atoms with van der Waals surface area (Å²) in [7, 11) is -4.23. The Labute approximate surface area is 191 Å². The van der Waals surface area contributed by atoms with Crippen LogP contribution in [0.25, 0.3) is 0 Å². The lowest BCUT2D eigenvalue weighted by Crippen LogP contribution is -2.25. The topological polar surface area (TPSA) is 66.8 Å². The van der Waals surface area contributed by atoms with Crippen LogP contribution in [0, 0.1) is 29.4 Å². The van der Waals surface area contributed by atoms with Crippen LogP contribution in [-0.2, 0) is 4.57 Å². The predicted molar refractivity (Wildman–Crippen MR) is 123 cm³/mol. The molecule has 4 nitrogen and oxygen atoms in total. The van der Waals surface area contributed by atoms with Crippen molar-refractivity contribution in [2.24, 2.45) is 17.8 Å². The third kappa shape index (κ3) is 7.27. The molecule has 2 fully saturated rings. The number of hydrogen-bond donors (Lipinski definition) is 2. The van der Waals surface area contributed by atoms with Crippen molar-refractivity contribution in [2.75, 3.05) is 12.8 Å². The van der Waals surface area contributed by atoms with Crippen molar-refractivity contribution in [3.8, 4) is 5.75 Å². The molecular formula is C25H39F2O4P. The van der Waals surface area contributed by atoms with Gasteiger partial charge < -0.3 is 14.5 Å². The highest BCUT2D eigenvalue weighted by Gasteiger charge is 2.32. The minimum atomic E-state index is -4.23. The van der Waals surface area contributed by atoms with Crippen molar-refractivity contribution in [3.05, 3.63) is 29.3 Å². The van der Waals surface area contributed by atoms with Crippen LogP contribution in [0.2, 0.25) is 0 Å². The number of halogens is 2. The first-order valence-corrected chi connectivity index (χ1v) is 14.2. The third-order valence-electron chi connectivity index (χ3n) is 7.70. The van der Waals surface area contributed by atoms with Gasteiger partial charge >= 0.3 is 7.60 Å². The van der Waals surface area contributed by atoms with E-state index in [-0.39, 0.29) is 18.3 Å². The van der Waals surface area contributed by atoms with E-state index in [9.17, 15) is 13.3 Å². The van der Waals surface area contributed by atoms with E-state index in [2.05, 4.69) is 6.92 Å². The number of ether oxygens (including phenoxy) is 1. The minimum absolute atomic E-state index is 0.0234. The van der Waals surface area contributed by atoms with Crippen LogP contribution in [0.5, 0.6) is 5.75 Å². The summed E-state index contributed by atoms with van der Waals surface area (Å²) in [5.41, 5.74) is 0.405. The molecule has 0 radical (unpaired) electrons. The van der Waals surface area contributed by atoms with Gasteiger partial charge in [0, 0.05) is 0 Å². The van der Waals surface area contributed by atoms with Crippen molar-refractivity contribution >= 4 is 7.60 Å². The molecule has 0 saturated heterocycles. The van der Waals surface area contributed by atoms with Crippen LogP contribution in [0.1, 0.15) is 95.5 Å². The first-order valence-electron chi connectivity index (χ1n) is 12.4. The van der Waals surface area contributed by atoms with Crippen molar-refractivity contribution in [1.29, 1.82) is 0 Å². The average Bonchev–Trinajstić information content (AvgIpc) is 2.77. The molecule has 0 amide bonds. The number of hydrogen-bond acceptors (Lipinski definition) is 2. The molecule has 2 aliphatic carbocycles. The number of benzene rings is 1. The Bertz CT molecular complexity index is 765. The van der Waals surface area contributed by atoms with Gasteiger partial charge in [0.25, 0.3) is 0 Å². The molecular weight excluding hydrogens is 433 g/mol. The highest BCUT2D eigenvalue weighted by Crippen LogP contribution is 2.45. The molecule has 1 aromatic rings. The standard InChI is InChI=1S/C25H39F2O4P/c1-2-3-4-5-18-6-8-19(9-7-18)20-10-12-21(13-11-20)22-14-15-23(25(27)24(22)26)31-16-17-32(28,29)30/h14-15,18-21H,2-13,16-17H2,1H3,(H2,28,29,30). The fraction of sp³-hybridized carbons (Fsp3) is 0.760. The largest absolute Gasteiger partial charge is 0.490 e. The molecule has 0 heterocycles. The zero-order valence-corrected chi connectivity index (χ0v) is 20.2. The van der Waals surface area contributed by atoms with E-state index in [0.717, 1.165) is 37.5 Å². The van der Waals surface area contributed by atoms with E-state index < -0.39 is 25.4 Å². The maximum atomic E-state index is 14.7. The maximum Gasteiger partial charge on any atom is 0.328 e. The van der Waals surface area contributed by atoms with E-state index in [0.29, 0.717) is 11.5 Å². The Morgan fingerprint density at radius 2 is 1.56 bits per heavy atom. The fourth-order valence-corrected chi connectivity index (χ4v) is 6.11. The normalized spacial score (nSPS) is 26.8. The van der Waals surface area contributed by atoms with Gasteiger partial charge in [-0.1, -0.05) is 51.5 Å². The average molecular weight is 473 g/mol. The molecule has 1 aromatic carbocycles. The summed E-state index contributed by atoms with van der Waals surface area (Å²) in [4.78, 5) is 17.7. The summed E-state index contributed by atoms with van der Waals surface area (Å²) in [6, 6.07) is 2.97. The second-order valence-electron chi connectivity index (χ2n) is 9.91. The molecule has 0 aliphatic heterocycles. The lowest BCUT2D eigenvalue weighted by Gasteiger charge is -2.38. The van der Waals surface area contributed by atoms with Crippen LogP contribution in [-0.4, -0.2) is 22.6 Å². The molecule has 7 heteroatoms. The SMILES string of the molecule is CCCCCC1CCC(C2CCC(c3ccc(OCCP(=O)(O)O)c(F)c3F)CC2)CC1. The Morgan fingerprint density at radius 3 is 2.16 bits per heavy atom. The smallest absolute Gasteiger partial charge is 0.328 e. The van der Waals surface area contributed by atoms with E-state index in [4.69, 9.17) is 14.5 Å². The molecule has 2 saturated carbocycles. The van der Waals surface area contributed by atoms with E-state index in [1.54, 1.807) is 6.07 Å². The summed E-state index contributed by atoms with van der Waals surface area (Å²) < 4.78 is 45.1. The zero-order chi connectivity index (χ0) is 23.1. The van der Waals surface area contributed by atoms with Crippen LogP contribution < -0.4 is 4.74 Å². The molecule has 32 heavy (non-hydrogen) atoms. The zero-order valence-electron chi connectivity index (χ0n) is 19.3. The monoisotopic (exact) mass is 472 g/mol. The van der Waals surface area contributed by atoms with Gasteiger partial charge in [-0.3, -0.25) is 4.57 Å². The maximum absolute atomic E-state index is 14.7. The second-order valence-corrected chi connectivity index (χ2v) is 11.7. The predicted octanol–water partition coefficient (Wildman–Crippen LogP) is 7.18. The summed E-state index contributed by atoms with van der Waals surface area (Å²) in [6.45, 7) is 1.90. The number of unbranched alkanes of at least 4 members (excludes halogenated alkanes) is 2. The van der Waals surface area contributed by atoms with Crippen LogP contribution in [0.4, 0.5) is 8.78 Å². The van der Waals surface area contributed by atoms with Gasteiger partial charge in [-0.25, -0.2) is 4.39 Å².